The Morgan fingerprint density at radius 2 is 2.16 bits per heavy atom. The summed E-state index contributed by atoms with van der Waals surface area (Å²) in [5.74, 6) is 1.46. The van der Waals surface area contributed by atoms with Crippen LogP contribution in [0.2, 0.25) is 0 Å². The maximum absolute atomic E-state index is 12.1. The second-order valence-electron chi connectivity index (χ2n) is 4.55. The van der Waals surface area contributed by atoms with Gasteiger partial charge in [-0.25, -0.2) is 0 Å². The molecule has 0 radical (unpaired) electrons. The maximum Gasteiger partial charge on any atom is 0.251 e. The Morgan fingerprint density at radius 1 is 1.37 bits per heavy atom. The monoisotopic (exact) mass is 258 g/mol. The molecule has 1 amide bonds. The van der Waals surface area contributed by atoms with E-state index in [9.17, 15) is 4.79 Å². The van der Waals surface area contributed by atoms with E-state index in [1.165, 1.54) is 0 Å². The van der Waals surface area contributed by atoms with Gasteiger partial charge in [0, 0.05) is 12.1 Å². The van der Waals surface area contributed by atoms with Gasteiger partial charge in [-0.15, -0.1) is 0 Å². The zero-order valence-corrected chi connectivity index (χ0v) is 11.1. The number of furan rings is 1. The Hall–Kier alpha value is -2.07. The van der Waals surface area contributed by atoms with Gasteiger partial charge in [-0.3, -0.25) is 4.79 Å². The fourth-order valence-corrected chi connectivity index (χ4v) is 1.88. The van der Waals surface area contributed by atoms with E-state index in [2.05, 4.69) is 5.32 Å². The van der Waals surface area contributed by atoms with Gasteiger partial charge in [-0.05, 0) is 43.7 Å². The van der Waals surface area contributed by atoms with Crippen molar-refractivity contribution in [3.8, 4) is 0 Å². The molecule has 0 aliphatic rings. The van der Waals surface area contributed by atoms with Crippen molar-refractivity contribution in [3.63, 3.8) is 0 Å². The van der Waals surface area contributed by atoms with Crippen LogP contribution in [-0.4, -0.2) is 5.91 Å². The molecule has 2 aromatic rings. The summed E-state index contributed by atoms with van der Waals surface area (Å²) in [6.45, 7) is 4.19. The fourth-order valence-electron chi connectivity index (χ4n) is 1.88. The largest absolute Gasteiger partial charge is 0.464 e. The minimum atomic E-state index is -0.164. The molecule has 1 unspecified atom stereocenters. The highest BCUT2D eigenvalue weighted by Crippen LogP contribution is 2.16. The van der Waals surface area contributed by atoms with Gasteiger partial charge in [0.2, 0.25) is 0 Å². The molecule has 0 aliphatic carbocycles. The lowest BCUT2D eigenvalue weighted by atomic mass is 10.1. The summed E-state index contributed by atoms with van der Waals surface area (Å²) in [5.41, 5.74) is 7.12. The van der Waals surface area contributed by atoms with Crippen LogP contribution in [-0.2, 0) is 6.54 Å². The molecule has 100 valence electrons. The average molecular weight is 258 g/mol. The van der Waals surface area contributed by atoms with Crippen LogP contribution < -0.4 is 11.1 Å². The van der Waals surface area contributed by atoms with Crippen molar-refractivity contribution in [2.75, 3.05) is 0 Å². The molecule has 0 fully saturated rings. The van der Waals surface area contributed by atoms with Gasteiger partial charge in [0.05, 0.1) is 6.04 Å². The highest BCUT2D eigenvalue weighted by atomic mass is 16.3. The van der Waals surface area contributed by atoms with Crippen molar-refractivity contribution in [1.82, 2.24) is 5.32 Å². The van der Waals surface area contributed by atoms with Crippen LogP contribution in [0.25, 0.3) is 0 Å². The predicted octanol–water partition coefficient (Wildman–Crippen LogP) is 2.54. The summed E-state index contributed by atoms with van der Waals surface area (Å²) in [6.07, 6.45) is 0. The number of carbonyl (C=O) groups is 1. The van der Waals surface area contributed by atoms with Gasteiger partial charge in [0.25, 0.3) is 5.91 Å². The zero-order valence-electron chi connectivity index (χ0n) is 11.1. The number of hydrogen-bond acceptors (Lipinski definition) is 3. The van der Waals surface area contributed by atoms with Crippen molar-refractivity contribution in [2.45, 2.75) is 26.4 Å². The molecule has 4 heteroatoms. The minimum absolute atomic E-state index is 0.128. The summed E-state index contributed by atoms with van der Waals surface area (Å²) in [7, 11) is 0. The Bertz CT molecular complexity index is 575. The third-order valence-corrected chi connectivity index (χ3v) is 2.96. The topological polar surface area (TPSA) is 68.3 Å². The van der Waals surface area contributed by atoms with E-state index < -0.39 is 0 Å². The first-order chi connectivity index (χ1) is 9.10. The maximum atomic E-state index is 12.1. The summed E-state index contributed by atoms with van der Waals surface area (Å²) in [5, 5.41) is 2.90. The number of nitrogens with two attached hydrogens (primary N) is 1. The molecule has 0 saturated heterocycles. The Balaban J connectivity index is 2.08. The van der Waals surface area contributed by atoms with E-state index in [-0.39, 0.29) is 11.9 Å². The molecule has 0 bridgehead atoms. The van der Waals surface area contributed by atoms with Crippen molar-refractivity contribution in [3.05, 3.63) is 59.0 Å². The van der Waals surface area contributed by atoms with Crippen LogP contribution in [0.4, 0.5) is 0 Å². The SMILES string of the molecule is Cc1ccc(C(C)NC(=O)c2cccc(CN)c2)o1. The summed E-state index contributed by atoms with van der Waals surface area (Å²) < 4.78 is 5.49. The quantitative estimate of drug-likeness (QED) is 0.885. The number of benzene rings is 1. The summed E-state index contributed by atoms with van der Waals surface area (Å²) in [6, 6.07) is 10.9. The van der Waals surface area contributed by atoms with Crippen molar-refractivity contribution in [2.24, 2.45) is 5.73 Å². The molecule has 2 rings (SSSR count). The first-order valence-corrected chi connectivity index (χ1v) is 6.26. The van der Waals surface area contributed by atoms with Gasteiger partial charge in [-0.1, -0.05) is 12.1 Å². The van der Waals surface area contributed by atoms with Crippen molar-refractivity contribution < 1.29 is 9.21 Å². The van der Waals surface area contributed by atoms with Crippen molar-refractivity contribution >= 4 is 5.91 Å². The molecule has 0 aliphatic heterocycles. The third kappa shape index (κ3) is 3.23. The van der Waals surface area contributed by atoms with E-state index in [1.807, 2.05) is 38.1 Å². The molecule has 3 N–H and O–H groups in total. The molecule has 0 saturated carbocycles. The first-order valence-electron chi connectivity index (χ1n) is 6.26. The molecule has 19 heavy (non-hydrogen) atoms. The third-order valence-electron chi connectivity index (χ3n) is 2.96. The standard InChI is InChI=1S/C15H18N2O2/c1-10-6-7-14(19-10)11(2)17-15(18)13-5-3-4-12(8-13)9-16/h3-8,11H,9,16H2,1-2H3,(H,17,18). The first kappa shape index (κ1) is 13.4. The average Bonchev–Trinajstić information content (AvgIpc) is 2.85. The summed E-state index contributed by atoms with van der Waals surface area (Å²) >= 11 is 0. The highest BCUT2D eigenvalue weighted by molar-refractivity contribution is 5.94. The lowest BCUT2D eigenvalue weighted by Gasteiger charge is -2.12. The van der Waals surface area contributed by atoms with E-state index in [4.69, 9.17) is 10.2 Å². The van der Waals surface area contributed by atoms with Gasteiger partial charge >= 0.3 is 0 Å². The smallest absolute Gasteiger partial charge is 0.251 e. The highest BCUT2D eigenvalue weighted by Gasteiger charge is 2.14. The molecule has 1 heterocycles. The van der Waals surface area contributed by atoms with E-state index >= 15 is 0 Å². The Morgan fingerprint density at radius 3 is 2.79 bits per heavy atom. The molecule has 4 nitrogen and oxygen atoms in total. The van der Waals surface area contributed by atoms with E-state index in [0.29, 0.717) is 12.1 Å². The van der Waals surface area contributed by atoms with Gasteiger partial charge < -0.3 is 15.5 Å². The van der Waals surface area contributed by atoms with E-state index in [1.54, 1.807) is 12.1 Å². The lowest BCUT2D eigenvalue weighted by Crippen LogP contribution is -2.26. The van der Waals surface area contributed by atoms with E-state index in [0.717, 1.165) is 17.1 Å². The second-order valence-corrected chi connectivity index (χ2v) is 4.55. The minimum Gasteiger partial charge on any atom is -0.464 e. The van der Waals surface area contributed by atoms with Gasteiger partial charge in [-0.2, -0.15) is 0 Å². The molecule has 1 aromatic carbocycles. The summed E-state index contributed by atoms with van der Waals surface area (Å²) in [4.78, 5) is 12.1. The second kappa shape index (κ2) is 5.71. The number of rotatable bonds is 4. The van der Waals surface area contributed by atoms with Crippen LogP contribution in [0.5, 0.6) is 0 Å². The van der Waals surface area contributed by atoms with Crippen molar-refractivity contribution in [1.29, 1.82) is 0 Å². The Kier molecular flexibility index (Phi) is 4.02. The number of amides is 1. The van der Waals surface area contributed by atoms with Crippen LogP contribution in [0.1, 0.15) is 40.4 Å². The van der Waals surface area contributed by atoms with Crippen LogP contribution >= 0.6 is 0 Å². The van der Waals surface area contributed by atoms with Crippen LogP contribution in [0.3, 0.4) is 0 Å². The number of aryl methyl sites for hydroxylation is 1. The number of carbonyl (C=O) groups excluding carboxylic acids is 1. The zero-order chi connectivity index (χ0) is 13.8. The lowest BCUT2D eigenvalue weighted by molar-refractivity contribution is 0.0935. The van der Waals surface area contributed by atoms with Gasteiger partial charge in [0.15, 0.2) is 0 Å². The molecule has 1 aromatic heterocycles. The van der Waals surface area contributed by atoms with Gasteiger partial charge in [0.1, 0.15) is 11.5 Å². The van der Waals surface area contributed by atoms with Crippen LogP contribution in [0.15, 0.2) is 40.8 Å². The molecular formula is C15H18N2O2. The molecular weight excluding hydrogens is 240 g/mol. The molecule has 0 spiro atoms. The number of hydrogen-bond donors (Lipinski definition) is 2. The number of nitrogens with one attached hydrogen (secondary N) is 1. The predicted molar refractivity (Wildman–Crippen MR) is 73.7 cm³/mol. The molecule has 1 atom stereocenters. The van der Waals surface area contributed by atoms with Crippen LogP contribution in [0, 0.1) is 6.92 Å². The normalized spacial score (nSPS) is 12.2. The fraction of sp³-hybridized carbons (Fsp3) is 0.267. The Labute approximate surface area is 112 Å².